The maximum Gasteiger partial charge on any atom is 0.315 e. The van der Waals surface area contributed by atoms with Crippen LogP contribution in [0.15, 0.2) is 42.7 Å². The molecule has 116 valence electrons. The van der Waals surface area contributed by atoms with E-state index in [-0.39, 0.29) is 5.56 Å². The molecule has 0 aliphatic rings. The predicted octanol–water partition coefficient (Wildman–Crippen LogP) is 3.31. The number of amides is 2. The van der Waals surface area contributed by atoms with Crippen LogP contribution in [0.1, 0.15) is 30.5 Å². The van der Waals surface area contributed by atoms with Crippen molar-refractivity contribution < 1.29 is 13.6 Å². The van der Waals surface area contributed by atoms with Crippen molar-refractivity contribution in [3.8, 4) is 0 Å². The minimum Gasteiger partial charge on any atom is -0.334 e. The lowest BCUT2D eigenvalue weighted by Crippen LogP contribution is -2.37. The molecule has 0 aliphatic carbocycles. The smallest absolute Gasteiger partial charge is 0.315 e. The first-order chi connectivity index (χ1) is 10.6. The van der Waals surface area contributed by atoms with E-state index in [1.54, 1.807) is 31.5 Å². The number of benzene rings is 1. The van der Waals surface area contributed by atoms with Gasteiger partial charge in [0.2, 0.25) is 0 Å². The van der Waals surface area contributed by atoms with E-state index in [4.69, 9.17) is 0 Å². The summed E-state index contributed by atoms with van der Waals surface area (Å²) >= 11 is 0. The third kappa shape index (κ3) is 4.25. The molecule has 2 N–H and O–H groups in total. The molecule has 1 aromatic carbocycles. The summed E-state index contributed by atoms with van der Waals surface area (Å²) in [5.41, 5.74) is 1.04. The maximum atomic E-state index is 13.8. The van der Waals surface area contributed by atoms with Crippen molar-refractivity contribution in [1.82, 2.24) is 15.6 Å². The molecule has 2 rings (SSSR count). The van der Waals surface area contributed by atoms with Crippen LogP contribution in [0.4, 0.5) is 13.6 Å². The largest absolute Gasteiger partial charge is 0.334 e. The van der Waals surface area contributed by atoms with Gasteiger partial charge in [0.15, 0.2) is 0 Å². The number of aromatic nitrogens is 1. The molecular formula is C16H17F2N3O. The Balaban J connectivity index is 1.97. The van der Waals surface area contributed by atoms with E-state index in [9.17, 15) is 13.6 Å². The summed E-state index contributed by atoms with van der Waals surface area (Å²) in [5, 5.41) is 5.32. The molecule has 0 aliphatic heterocycles. The summed E-state index contributed by atoms with van der Waals surface area (Å²) in [6.07, 6.45) is 3.71. The highest BCUT2D eigenvalue weighted by atomic mass is 19.1. The fourth-order valence-corrected chi connectivity index (χ4v) is 2.07. The summed E-state index contributed by atoms with van der Waals surface area (Å²) in [6.45, 7) is 2.12. The second kappa shape index (κ2) is 7.49. The average Bonchev–Trinajstić information content (AvgIpc) is 2.54. The zero-order chi connectivity index (χ0) is 15.9. The third-order valence-electron chi connectivity index (χ3n) is 3.25. The Labute approximate surface area is 127 Å². The van der Waals surface area contributed by atoms with E-state index in [0.717, 1.165) is 23.8 Å². The Morgan fingerprint density at radius 1 is 1.23 bits per heavy atom. The highest BCUT2D eigenvalue weighted by molar-refractivity contribution is 5.74. The Morgan fingerprint density at radius 3 is 2.64 bits per heavy atom. The molecule has 0 saturated heterocycles. The number of halogens is 2. The second-order valence-electron chi connectivity index (χ2n) is 4.81. The van der Waals surface area contributed by atoms with Crippen LogP contribution in [0, 0.1) is 11.6 Å². The fraction of sp³-hybridized carbons (Fsp3) is 0.250. The van der Waals surface area contributed by atoms with Gasteiger partial charge in [-0.3, -0.25) is 4.98 Å². The van der Waals surface area contributed by atoms with E-state index in [0.29, 0.717) is 13.0 Å². The Bertz CT molecular complexity index is 635. The first kappa shape index (κ1) is 15.9. The number of pyridine rings is 1. The molecule has 0 unspecified atom stereocenters. The number of nitrogens with one attached hydrogen (secondary N) is 2. The topological polar surface area (TPSA) is 54.0 Å². The number of carbonyl (C=O) groups excluding carboxylic acids is 1. The van der Waals surface area contributed by atoms with Crippen molar-refractivity contribution in [2.75, 3.05) is 0 Å². The molecule has 1 heterocycles. The number of hydrogen-bond acceptors (Lipinski definition) is 2. The van der Waals surface area contributed by atoms with Gasteiger partial charge < -0.3 is 10.6 Å². The van der Waals surface area contributed by atoms with Crippen molar-refractivity contribution in [3.63, 3.8) is 0 Å². The van der Waals surface area contributed by atoms with Crippen LogP contribution in [0.3, 0.4) is 0 Å². The molecule has 0 bridgehead atoms. The minimum absolute atomic E-state index is 0.140. The van der Waals surface area contributed by atoms with Gasteiger partial charge in [-0.25, -0.2) is 13.6 Å². The molecule has 2 aromatic rings. The predicted molar refractivity (Wildman–Crippen MR) is 79.0 cm³/mol. The van der Waals surface area contributed by atoms with Crippen LogP contribution in [0.2, 0.25) is 0 Å². The first-order valence-electron chi connectivity index (χ1n) is 6.98. The monoisotopic (exact) mass is 305 g/mol. The molecule has 1 atom stereocenters. The van der Waals surface area contributed by atoms with Gasteiger partial charge in [0, 0.05) is 24.5 Å². The fourth-order valence-electron chi connectivity index (χ4n) is 2.07. The van der Waals surface area contributed by atoms with Crippen LogP contribution in [0.25, 0.3) is 0 Å². The van der Waals surface area contributed by atoms with Crippen LogP contribution in [-0.2, 0) is 6.54 Å². The van der Waals surface area contributed by atoms with Gasteiger partial charge >= 0.3 is 6.03 Å². The summed E-state index contributed by atoms with van der Waals surface area (Å²) in [6, 6.07) is 5.75. The molecule has 0 radical (unpaired) electrons. The highest BCUT2D eigenvalue weighted by Gasteiger charge is 2.17. The van der Waals surface area contributed by atoms with Gasteiger partial charge in [0.05, 0.1) is 6.04 Å². The third-order valence-corrected chi connectivity index (χ3v) is 3.25. The van der Waals surface area contributed by atoms with Gasteiger partial charge in [-0.05, 0) is 42.3 Å². The lowest BCUT2D eigenvalue weighted by Gasteiger charge is -2.18. The van der Waals surface area contributed by atoms with Crippen molar-refractivity contribution >= 4 is 6.03 Å². The summed E-state index contributed by atoms with van der Waals surface area (Å²) in [7, 11) is 0. The maximum absolute atomic E-state index is 13.8. The zero-order valence-corrected chi connectivity index (χ0v) is 12.1. The Hall–Kier alpha value is -2.50. The average molecular weight is 305 g/mol. The summed E-state index contributed by atoms with van der Waals surface area (Å²) < 4.78 is 27.0. The van der Waals surface area contributed by atoms with Crippen LogP contribution in [0.5, 0.6) is 0 Å². The normalized spacial score (nSPS) is 11.8. The first-order valence-corrected chi connectivity index (χ1v) is 6.98. The molecule has 0 saturated carbocycles. The quantitative estimate of drug-likeness (QED) is 0.890. The van der Waals surface area contributed by atoms with E-state index >= 15 is 0 Å². The molecule has 0 fully saturated rings. The highest BCUT2D eigenvalue weighted by Crippen LogP contribution is 2.21. The number of urea groups is 1. The number of carbonyl (C=O) groups is 1. The Kier molecular flexibility index (Phi) is 5.41. The van der Waals surface area contributed by atoms with Gasteiger partial charge in [-0.1, -0.05) is 6.92 Å². The number of hydrogen-bond donors (Lipinski definition) is 2. The molecule has 2 amide bonds. The van der Waals surface area contributed by atoms with Crippen molar-refractivity contribution in [3.05, 3.63) is 65.5 Å². The molecule has 4 nitrogen and oxygen atoms in total. The van der Waals surface area contributed by atoms with E-state index in [1.165, 1.54) is 0 Å². The minimum atomic E-state index is -0.590. The second-order valence-corrected chi connectivity index (χ2v) is 4.81. The van der Waals surface area contributed by atoms with E-state index in [1.807, 2.05) is 0 Å². The lowest BCUT2D eigenvalue weighted by atomic mass is 10.0. The van der Waals surface area contributed by atoms with Crippen molar-refractivity contribution in [2.24, 2.45) is 0 Å². The van der Waals surface area contributed by atoms with Gasteiger partial charge in [0.25, 0.3) is 0 Å². The van der Waals surface area contributed by atoms with Crippen LogP contribution < -0.4 is 10.6 Å². The molecule has 0 spiro atoms. The lowest BCUT2D eigenvalue weighted by molar-refractivity contribution is 0.236. The molecule has 6 heteroatoms. The van der Waals surface area contributed by atoms with Crippen molar-refractivity contribution in [2.45, 2.75) is 25.9 Å². The SMILES string of the molecule is CC[C@H](NC(=O)NCc1ccncc1)c1cc(F)ccc1F. The van der Waals surface area contributed by atoms with Gasteiger partial charge in [-0.15, -0.1) is 0 Å². The van der Waals surface area contributed by atoms with Crippen LogP contribution in [-0.4, -0.2) is 11.0 Å². The van der Waals surface area contributed by atoms with Crippen LogP contribution >= 0.6 is 0 Å². The van der Waals surface area contributed by atoms with E-state index in [2.05, 4.69) is 15.6 Å². The zero-order valence-electron chi connectivity index (χ0n) is 12.1. The summed E-state index contributed by atoms with van der Waals surface area (Å²) in [4.78, 5) is 15.8. The van der Waals surface area contributed by atoms with Gasteiger partial charge in [-0.2, -0.15) is 0 Å². The number of rotatable bonds is 5. The number of nitrogens with zero attached hydrogens (tertiary/aromatic N) is 1. The standard InChI is InChI=1S/C16H17F2N3O/c1-2-15(13-9-12(17)3-4-14(13)18)21-16(22)20-10-11-5-7-19-8-6-11/h3-9,15H,2,10H2,1H3,(H2,20,21,22)/t15-/m0/s1. The van der Waals surface area contributed by atoms with Gasteiger partial charge in [0.1, 0.15) is 11.6 Å². The molecular weight excluding hydrogens is 288 g/mol. The Morgan fingerprint density at radius 2 is 1.95 bits per heavy atom. The molecule has 1 aromatic heterocycles. The summed E-state index contributed by atoms with van der Waals surface area (Å²) in [5.74, 6) is -1.07. The van der Waals surface area contributed by atoms with E-state index < -0.39 is 23.7 Å². The molecule has 22 heavy (non-hydrogen) atoms. The van der Waals surface area contributed by atoms with Crippen molar-refractivity contribution in [1.29, 1.82) is 0 Å².